The van der Waals surface area contributed by atoms with Crippen molar-refractivity contribution in [3.05, 3.63) is 0 Å². The van der Waals surface area contributed by atoms with Crippen LogP contribution in [0.4, 0.5) is 0 Å². The van der Waals surface area contributed by atoms with Gasteiger partial charge in [-0.1, -0.05) is 0 Å². The molecule has 3 heterocycles. The van der Waals surface area contributed by atoms with Crippen LogP contribution in [-0.4, -0.2) is 72.5 Å². The molecule has 3 atom stereocenters. The molecule has 3 aliphatic heterocycles. The van der Waals surface area contributed by atoms with Crippen molar-refractivity contribution in [3.63, 3.8) is 0 Å². The fraction of sp³-hybridized carbons (Fsp3) is 1.00. The lowest BCUT2D eigenvalue weighted by Crippen LogP contribution is -2.49. The van der Waals surface area contributed by atoms with Gasteiger partial charge in [-0.05, 0) is 38.8 Å². The minimum Gasteiger partial charge on any atom is -0.391 e. The Morgan fingerprint density at radius 3 is 2.59 bits per heavy atom. The highest BCUT2D eigenvalue weighted by atomic mass is 16.5. The molecular weight excluding hydrogens is 216 g/mol. The Morgan fingerprint density at radius 1 is 1.00 bits per heavy atom. The maximum absolute atomic E-state index is 10.0. The zero-order valence-corrected chi connectivity index (χ0v) is 10.6. The lowest BCUT2D eigenvalue weighted by molar-refractivity contribution is -0.0562. The number of hydrogen-bond donors (Lipinski definition) is 1. The first kappa shape index (κ1) is 11.9. The summed E-state index contributed by atoms with van der Waals surface area (Å²) in [7, 11) is 0. The van der Waals surface area contributed by atoms with Crippen molar-refractivity contribution in [2.75, 3.05) is 39.4 Å². The van der Waals surface area contributed by atoms with Gasteiger partial charge in [0.15, 0.2) is 0 Å². The van der Waals surface area contributed by atoms with Crippen molar-refractivity contribution in [1.29, 1.82) is 0 Å². The summed E-state index contributed by atoms with van der Waals surface area (Å²) in [5.74, 6) is 0. The first-order valence-electron chi connectivity index (χ1n) is 7.08. The predicted octanol–water partition coefficient (Wildman–Crippen LogP) is 0.306. The highest BCUT2D eigenvalue weighted by Gasteiger charge is 2.36. The fourth-order valence-electron chi connectivity index (χ4n) is 3.53. The van der Waals surface area contributed by atoms with E-state index in [9.17, 15) is 5.11 Å². The monoisotopic (exact) mass is 240 g/mol. The van der Waals surface area contributed by atoms with Gasteiger partial charge in [-0.25, -0.2) is 0 Å². The maximum Gasteiger partial charge on any atom is 0.0739 e. The van der Waals surface area contributed by atoms with Crippen LogP contribution in [0.1, 0.15) is 25.7 Å². The molecule has 4 nitrogen and oxygen atoms in total. The van der Waals surface area contributed by atoms with Gasteiger partial charge >= 0.3 is 0 Å². The molecule has 0 spiro atoms. The number of hydrogen-bond acceptors (Lipinski definition) is 4. The van der Waals surface area contributed by atoms with Gasteiger partial charge in [0.1, 0.15) is 0 Å². The number of nitrogens with zero attached hydrogens (tertiary/aromatic N) is 2. The summed E-state index contributed by atoms with van der Waals surface area (Å²) in [5.41, 5.74) is 0. The van der Waals surface area contributed by atoms with Crippen LogP contribution in [0.3, 0.4) is 0 Å². The summed E-state index contributed by atoms with van der Waals surface area (Å²) >= 11 is 0. The summed E-state index contributed by atoms with van der Waals surface area (Å²) in [6.07, 6.45) is 4.62. The Bertz CT molecular complexity index is 256. The molecule has 0 aromatic rings. The van der Waals surface area contributed by atoms with Gasteiger partial charge in [0.2, 0.25) is 0 Å². The molecule has 0 bridgehead atoms. The maximum atomic E-state index is 10.0. The van der Waals surface area contributed by atoms with E-state index in [0.29, 0.717) is 6.61 Å². The summed E-state index contributed by atoms with van der Waals surface area (Å²) in [6.45, 7) is 6.26. The molecule has 0 aromatic carbocycles. The van der Waals surface area contributed by atoms with Gasteiger partial charge in [-0.2, -0.15) is 0 Å². The zero-order valence-electron chi connectivity index (χ0n) is 10.6. The van der Waals surface area contributed by atoms with Crippen molar-refractivity contribution in [1.82, 2.24) is 9.80 Å². The lowest BCUT2D eigenvalue weighted by atomic mass is 10.1. The number of aliphatic hydroxyl groups excluding tert-OH is 1. The molecule has 17 heavy (non-hydrogen) atoms. The second-order valence-corrected chi connectivity index (χ2v) is 5.68. The third-order valence-electron chi connectivity index (χ3n) is 4.61. The largest absolute Gasteiger partial charge is 0.391 e. The van der Waals surface area contributed by atoms with E-state index in [2.05, 4.69) is 9.80 Å². The molecule has 4 heteroatoms. The van der Waals surface area contributed by atoms with E-state index in [1.165, 1.54) is 32.4 Å². The molecule has 0 aromatic heterocycles. The average molecular weight is 240 g/mol. The SMILES string of the molecule is OC1CCOCC1N1CCC(N2CCCC2)C1. The van der Waals surface area contributed by atoms with Gasteiger partial charge in [0.05, 0.1) is 18.8 Å². The molecule has 3 unspecified atom stereocenters. The third kappa shape index (κ3) is 2.50. The Balaban J connectivity index is 1.55. The average Bonchev–Trinajstić information content (AvgIpc) is 3.00. The van der Waals surface area contributed by atoms with Crippen LogP contribution in [0, 0.1) is 0 Å². The highest BCUT2D eigenvalue weighted by Crippen LogP contribution is 2.24. The van der Waals surface area contributed by atoms with Gasteiger partial charge in [0.25, 0.3) is 0 Å². The van der Waals surface area contributed by atoms with E-state index in [-0.39, 0.29) is 12.1 Å². The molecule has 3 aliphatic rings. The van der Waals surface area contributed by atoms with E-state index in [1.54, 1.807) is 0 Å². The zero-order chi connectivity index (χ0) is 11.7. The topological polar surface area (TPSA) is 35.9 Å². The van der Waals surface area contributed by atoms with Crippen molar-refractivity contribution >= 4 is 0 Å². The Labute approximate surface area is 104 Å². The van der Waals surface area contributed by atoms with Gasteiger partial charge in [-0.15, -0.1) is 0 Å². The first-order chi connectivity index (χ1) is 8.34. The Morgan fingerprint density at radius 2 is 1.82 bits per heavy atom. The van der Waals surface area contributed by atoms with E-state index in [0.717, 1.165) is 32.2 Å². The normalized spacial score (nSPS) is 41.1. The Hall–Kier alpha value is -0.160. The molecule has 0 aliphatic carbocycles. The summed E-state index contributed by atoms with van der Waals surface area (Å²) in [4.78, 5) is 5.09. The summed E-state index contributed by atoms with van der Waals surface area (Å²) in [5, 5.41) is 10.0. The third-order valence-corrected chi connectivity index (χ3v) is 4.61. The summed E-state index contributed by atoms with van der Waals surface area (Å²) in [6, 6.07) is 0.975. The second-order valence-electron chi connectivity index (χ2n) is 5.68. The second kappa shape index (κ2) is 5.22. The standard InChI is InChI=1S/C13H24N2O2/c16-13-4-8-17-10-12(13)15-7-3-11(9-15)14-5-1-2-6-14/h11-13,16H,1-10H2. The minimum atomic E-state index is -0.180. The highest BCUT2D eigenvalue weighted by molar-refractivity contribution is 4.91. The predicted molar refractivity (Wildman–Crippen MR) is 66.0 cm³/mol. The van der Waals surface area contributed by atoms with E-state index in [4.69, 9.17) is 4.74 Å². The van der Waals surface area contributed by atoms with Crippen LogP contribution in [0.2, 0.25) is 0 Å². The first-order valence-corrected chi connectivity index (χ1v) is 7.08. The van der Waals surface area contributed by atoms with Crippen LogP contribution in [0.25, 0.3) is 0 Å². The van der Waals surface area contributed by atoms with E-state index < -0.39 is 0 Å². The van der Waals surface area contributed by atoms with E-state index in [1.807, 2.05) is 0 Å². The van der Waals surface area contributed by atoms with Crippen molar-refractivity contribution in [2.24, 2.45) is 0 Å². The smallest absolute Gasteiger partial charge is 0.0739 e. The minimum absolute atomic E-state index is 0.180. The summed E-state index contributed by atoms with van der Waals surface area (Å²) < 4.78 is 5.51. The number of likely N-dealkylation sites (tertiary alicyclic amines) is 2. The molecule has 0 saturated carbocycles. The van der Waals surface area contributed by atoms with Gasteiger partial charge < -0.3 is 9.84 Å². The van der Waals surface area contributed by atoms with E-state index >= 15 is 0 Å². The van der Waals surface area contributed by atoms with Crippen LogP contribution in [0.5, 0.6) is 0 Å². The van der Waals surface area contributed by atoms with Crippen molar-refractivity contribution in [3.8, 4) is 0 Å². The van der Waals surface area contributed by atoms with Crippen molar-refractivity contribution < 1.29 is 9.84 Å². The molecule has 98 valence electrons. The lowest BCUT2D eigenvalue weighted by Gasteiger charge is -2.35. The number of ether oxygens (including phenoxy) is 1. The molecule has 3 saturated heterocycles. The molecule has 0 radical (unpaired) electrons. The van der Waals surface area contributed by atoms with Gasteiger partial charge in [-0.3, -0.25) is 9.80 Å². The fourth-order valence-corrected chi connectivity index (χ4v) is 3.53. The van der Waals surface area contributed by atoms with Crippen LogP contribution >= 0.6 is 0 Å². The van der Waals surface area contributed by atoms with Crippen LogP contribution < -0.4 is 0 Å². The van der Waals surface area contributed by atoms with Crippen LogP contribution in [-0.2, 0) is 4.74 Å². The Kier molecular flexibility index (Phi) is 3.66. The molecular formula is C13H24N2O2. The van der Waals surface area contributed by atoms with Crippen LogP contribution in [0.15, 0.2) is 0 Å². The quantitative estimate of drug-likeness (QED) is 0.753. The molecule has 0 amide bonds. The number of rotatable bonds is 2. The molecule has 3 rings (SSSR count). The van der Waals surface area contributed by atoms with Crippen molar-refractivity contribution in [2.45, 2.75) is 43.9 Å². The molecule has 1 N–H and O–H groups in total. The molecule has 3 fully saturated rings. The number of aliphatic hydroxyl groups is 1. The van der Waals surface area contributed by atoms with Gasteiger partial charge in [0, 0.05) is 25.7 Å².